The molecule has 1 saturated heterocycles. The van der Waals surface area contributed by atoms with Crippen LogP contribution in [0.1, 0.15) is 11.1 Å². The molecule has 170 valence electrons. The van der Waals surface area contributed by atoms with Crippen molar-refractivity contribution in [2.45, 2.75) is 6.61 Å². The topological polar surface area (TPSA) is 98.1 Å². The van der Waals surface area contributed by atoms with E-state index in [9.17, 15) is 9.59 Å². The van der Waals surface area contributed by atoms with E-state index in [1.54, 1.807) is 55.6 Å². The van der Waals surface area contributed by atoms with E-state index < -0.39 is 19.1 Å². The number of likely N-dealkylation sites (N-methyl/N-ethyl adjacent to an activating group) is 1. The van der Waals surface area contributed by atoms with Crippen LogP contribution in [0.3, 0.4) is 0 Å². The second-order valence-corrected chi connectivity index (χ2v) is 7.73. The Hall–Kier alpha value is -4.29. The van der Waals surface area contributed by atoms with Crippen LogP contribution in [-0.2, 0) is 25.5 Å². The maximum absolute atomic E-state index is 11.9. The normalized spacial score (nSPS) is 14.3. The summed E-state index contributed by atoms with van der Waals surface area (Å²) < 4.78 is 22.2. The highest BCUT2D eigenvalue weighted by Crippen LogP contribution is 2.23. The predicted molar refractivity (Wildman–Crippen MR) is 124 cm³/mol. The van der Waals surface area contributed by atoms with E-state index in [4.69, 9.17) is 24.0 Å². The van der Waals surface area contributed by atoms with Crippen LogP contribution in [0.15, 0.2) is 72.8 Å². The van der Waals surface area contributed by atoms with Gasteiger partial charge in [0.25, 0.3) is 0 Å². The van der Waals surface area contributed by atoms with Gasteiger partial charge in [0, 0.05) is 5.46 Å². The molecule has 0 atom stereocenters. The molecule has 1 fully saturated rings. The lowest BCUT2D eigenvalue weighted by Crippen LogP contribution is -2.47. The third-order valence-electron chi connectivity index (χ3n) is 4.95. The molecule has 0 bridgehead atoms. The number of nitrogens with zero attached hydrogens (tertiary/aromatic N) is 2. The fraction of sp³-hybridized carbons (Fsp3) is 0.160. The number of ether oxygens (including phenoxy) is 2. The third-order valence-corrected chi connectivity index (χ3v) is 4.95. The van der Waals surface area contributed by atoms with Crippen LogP contribution in [0.5, 0.6) is 17.2 Å². The lowest BCUT2D eigenvalue weighted by atomic mass is 9.78. The van der Waals surface area contributed by atoms with Crippen molar-refractivity contribution in [3.05, 3.63) is 83.9 Å². The van der Waals surface area contributed by atoms with Gasteiger partial charge in [-0.25, -0.2) is 0 Å². The average Bonchev–Trinajstić information content (AvgIpc) is 2.82. The smallest absolute Gasteiger partial charge is 0.494 e. The lowest BCUT2D eigenvalue weighted by Gasteiger charge is -2.22. The van der Waals surface area contributed by atoms with Gasteiger partial charge in [0.15, 0.2) is 0 Å². The minimum absolute atomic E-state index is 0.0146. The van der Waals surface area contributed by atoms with Gasteiger partial charge in [0.1, 0.15) is 23.9 Å². The van der Waals surface area contributed by atoms with Gasteiger partial charge in [-0.2, -0.15) is 5.26 Å². The van der Waals surface area contributed by atoms with Crippen LogP contribution in [-0.4, -0.2) is 44.1 Å². The molecule has 4 rings (SSSR count). The van der Waals surface area contributed by atoms with Crippen LogP contribution < -0.4 is 14.9 Å². The Bertz CT molecular complexity index is 1190. The summed E-state index contributed by atoms with van der Waals surface area (Å²) in [6.45, 7) is 0.338. The number of carbonyl (C=O) groups is 2. The Balaban J connectivity index is 1.36. The molecule has 0 N–H and O–H groups in total. The highest BCUT2D eigenvalue weighted by Gasteiger charge is 2.33. The highest BCUT2D eigenvalue weighted by molar-refractivity contribution is 6.64. The molecule has 9 heteroatoms. The molecule has 0 saturated carbocycles. The van der Waals surface area contributed by atoms with E-state index in [1.807, 2.05) is 24.3 Å². The maximum Gasteiger partial charge on any atom is 0.636 e. The van der Waals surface area contributed by atoms with Crippen molar-refractivity contribution >= 4 is 24.5 Å². The number of nitriles is 1. The molecule has 8 nitrogen and oxygen atoms in total. The van der Waals surface area contributed by atoms with Gasteiger partial charge in [0.05, 0.1) is 24.7 Å². The summed E-state index contributed by atoms with van der Waals surface area (Å²) in [5.74, 6) is 0.951. The number of benzene rings is 3. The van der Waals surface area contributed by atoms with E-state index in [-0.39, 0.29) is 13.1 Å². The standard InChI is InChI=1S/C25H21BN2O6/c1-28-15-24(29)33-26(34-25(30)16-28)20-7-11-21(12-8-20)31-17-19-3-2-4-23(13-19)32-22-9-5-18(14-27)6-10-22/h2-13H,15-17H2,1H3. The van der Waals surface area contributed by atoms with Gasteiger partial charge in [-0.3, -0.25) is 14.5 Å². The Morgan fingerprint density at radius 3 is 2.21 bits per heavy atom. The van der Waals surface area contributed by atoms with Gasteiger partial charge in [-0.05, 0) is 61.1 Å². The monoisotopic (exact) mass is 456 g/mol. The maximum atomic E-state index is 11.9. The molecule has 0 aromatic heterocycles. The van der Waals surface area contributed by atoms with E-state index >= 15 is 0 Å². The Morgan fingerprint density at radius 1 is 0.912 bits per heavy atom. The first kappa shape index (κ1) is 22.9. The summed E-state index contributed by atoms with van der Waals surface area (Å²) in [4.78, 5) is 25.4. The van der Waals surface area contributed by atoms with Crippen molar-refractivity contribution in [1.29, 1.82) is 5.26 Å². The number of carbonyl (C=O) groups excluding carboxylic acids is 2. The summed E-state index contributed by atoms with van der Waals surface area (Å²) in [5.41, 5.74) is 2.01. The van der Waals surface area contributed by atoms with E-state index in [1.165, 1.54) is 4.90 Å². The first-order chi connectivity index (χ1) is 16.5. The fourth-order valence-corrected chi connectivity index (χ4v) is 3.29. The van der Waals surface area contributed by atoms with Crippen molar-refractivity contribution in [3.8, 4) is 23.3 Å². The number of hydrogen-bond donors (Lipinski definition) is 0. The summed E-state index contributed by atoms with van der Waals surface area (Å²) in [5, 5.41) is 8.89. The van der Waals surface area contributed by atoms with Crippen molar-refractivity contribution in [3.63, 3.8) is 0 Å². The first-order valence-electron chi connectivity index (χ1n) is 10.6. The molecular formula is C25H21BN2O6. The Kier molecular flexibility index (Phi) is 7.11. The van der Waals surface area contributed by atoms with Gasteiger partial charge >= 0.3 is 19.1 Å². The van der Waals surface area contributed by atoms with Crippen molar-refractivity contribution < 1.29 is 28.4 Å². The Morgan fingerprint density at radius 2 is 1.56 bits per heavy atom. The van der Waals surface area contributed by atoms with Gasteiger partial charge in [-0.1, -0.05) is 24.3 Å². The van der Waals surface area contributed by atoms with Crippen molar-refractivity contribution in [2.24, 2.45) is 0 Å². The largest absolute Gasteiger partial charge is 0.636 e. The molecule has 1 aliphatic heterocycles. The van der Waals surface area contributed by atoms with Crippen molar-refractivity contribution in [1.82, 2.24) is 4.90 Å². The minimum Gasteiger partial charge on any atom is -0.494 e. The molecule has 0 amide bonds. The molecule has 0 spiro atoms. The molecule has 34 heavy (non-hydrogen) atoms. The van der Waals surface area contributed by atoms with E-state index in [2.05, 4.69) is 6.07 Å². The zero-order chi connectivity index (χ0) is 23.9. The fourth-order valence-electron chi connectivity index (χ4n) is 3.29. The van der Waals surface area contributed by atoms with Crippen LogP contribution >= 0.6 is 0 Å². The predicted octanol–water partition coefficient (Wildman–Crippen LogP) is 2.66. The molecule has 1 aliphatic rings. The quantitative estimate of drug-likeness (QED) is 0.523. The molecular weight excluding hydrogens is 435 g/mol. The molecule has 0 unspecified atom stereocenters. The molecule has 0 radical (unpaired) electrons. The van der Waals surface area contributed by atoms with Crippen LogP contribution in [0.25, 0.3) is 0 Å². The summed E-state index contributed by atoms with van der Waals surface area (Å²) in [6, 6.07) is 23.3. The summed E-state index contributed by atoms with van der Waals surface area (Å²) in [6.07, 6.45) is 0. The molecule has 3 aromatic carbocycles. The molecule has 3 aromatic rings. The highest BCUT2D eigenvalue weighted by atomic mass is 16.6. The second kappa shape index (κ2) is 10.6. The van der Waals surface area contributed by atoms with Crippen LogP contribution in [0.2, 0.25) is 0 Å². The zero-order valence-corrected chi connectivity index (χ0v) is 18.5. The second-order valence-electron chi connectivity index (χ2n) is 7.73. The van der Waals surface area contributed by atoms with Gasteiger partial charge in [0.2, 0.25) is 0 Å². The zero-order valence-electron chi connectivity index (χ0n) is 18.5. The number of rotatable bonds is 6. The molecule has 0 aliphatic carbocycles. The van der Waals surface area contributed by atoms with Crippen LogP contribution in [0.4, 0.5) is 0 Å². The minimum atomic E-state index is -1.08. The number of hydrogen-bond acceptors (Lipinski definition) is 8. The van der Waals surface area contributed by atoms with Crippen LogP contribution in [0, 0.1) is 11.3 Å². The Labute approximate surface area is 197 Å². The lowest BCUT2D eigenvalue weighted by molar-refractivity contribution is -0.145. The van der Waals surface area contributed by atoms with Gasteiger partial charge in [-0.15, -0.1) is 0 Å². The van der Waals surface area contributed by atoms with Crippen molar-refractivity contribution in [2.75, 3.05) is 20.1 Å². The SMILES string of the molecule is CN1CC(=O)OB(c2ccc(OCc3cccc(Oc4ccc(C#N)cc4)c3)cc2)OC(=O)C1. The summed E-state index contributed by atoms with van der Waals surface area (Å²) >= 11 is 0. The van der Waals surface area contributed by atoms with Gasteiger partial charge < -0.3 is 18.8 Å². The summed E-state index contributed by atoms with van der Waals surface area (Å²) in [7, 11) is 0.558. The van der Waals surface area contributed by atoms with E-state index in [0.29, 0.717) is 34.9 Å². The molecule has 1 heterocycles. The average molecular weight is 456 g/mol. The first-order valence-corrected chi connectivity index (χ1v) is 10.6. The van der Waals surface area contributed by atoms with E-state index in [0.717, 1.165) is 5.56 Å². The third kappa shape index (κ3) is 6.15.